The van der Waals surface area contributed by atoms with E-state index in [0.29, 0.717) is 25.5 Å². The zero-order valence-electron chi connectivity index (χ0n) is 11.6. The van der Waals surface area contributed by atoms with Crippen molar-refractivity contribution in [3.8, 4) is 11.5 Å². The molecule has 22 heavy (non-hydrogen) atoms. The molecule has 0 saturated carbocycles. The summed E-state index contributed by atoms with van der Waals surface area (Å²) in [5.74, 6) is 1.92. The summed E-state index contributed by atoms with van der Waals surface area (Å²) in [7, 11) is 0. The van der Waals surface area contributed by atoms with E-state index in [2.05, 4.69) is 21.2 Å². The number of thioether (sulfide) groups is 1. The Balaban J connectivity index is 1.48. The number of hydrogen-bond donors (Lipinski definition) is 1. The first-order valence-corrected chi connectivity index (χ1v) is 9.38. The first-order valence-electron chi connectivity index (χ1n) is 6.73. The third kappa shape index (κ3) is 4.18. The van der Waals surface area contributed by atoms with E-state index in [1.165, 1.54) is 11.8 Å². The molecule has 2 heterocycles. The van der Waals surface area contributed by atoms with Gasteiger partial charge in [-0.1, -0.05) is 0 Å². The van der Waals surface area contributed by atoms with Gasteiger partial charge in [-0.2, -0.15) is 0 Å². The number of hydrogen-bond acceptors (Lipinski definition) is 5. The van der Waals surface area contributed by atoms with Gasteiger partial charge in [0.25, 0.3) is 0 Å². The largest absolute Gasteiger partial charge is 0.486 e. The smallest absolute Gasteiger partial charge is 0.230 e. The highest BCUT2D eigenvalue weighted by atomic mass is 79.9. The molecule has 3 rings (SSSR count). The van der Waals surface area contributed by atoms with Gasteiger partial charge < -0.3 is 14.8 Å². The van der Waals surface area contributed by atoms with Crippen LogP contribution in [0.2, 0.25) is 0 Å². The van der Waals surface area contributed by atoms with Crippen molar-refractivity contribution < 1.29 is 14.3 Å². The van der Waals surface area contributed by atoms with Gasteiger partial charge in [0.05, 0.1) is 12.3 Å². The summed E-state index contributed by atoms with van der Waals surface area (Å²) in [4.78, 5) is 14.0. The summed E-state index contributed by atoms with van der Waals surface area (Å²) in [6, 6.07) is 7.77. The molecule has 0 aliphatic carbocycles. The Morgan fingerprint density at radius 3 is 2.86 bits per heavy atom. The molecular weight excluding hydrogens is 386 g/mol. The van der Waals surface area contributed by atoms with Gasteiger partial charge in [0.2, 0.25) is 5.91 Å². The van der Waals surface area contributed by atoms with Crippen molar-refractivity contribution in [2.24, 2.45) is 0 Å². The quantitative estimate of drug-likeness (QED) is 0.778. The van der Waals surface area contributed by atoms with Crippen LogP contribution in [0.1, 0.15) is 4.88 Å². The van der Waals surface area contributed by atoms with Crippen molar-refractivity contribution >= 4 is 44.9 Å². The highest BCUT2D eigenvalue weighted by Crippen LogP contribution is 2.34. The lowest BCUT2D eigenvalue weighted by Crippen LogP contribution is -2.24. The van der Waals surface area contributed by atoms with Crippen LogP contribution in [0.5, 0.6) is 11.5 Å². The number of carbonyl (C=O) groups excluding carboxylic acids is 1. The number of rotatable bonds is 5. The average Bonchev–Trinajstić information content (AvgIpc) is 2.96. The molecule has 1 N–H and O–H groups in total. The summed E-state index contributed by atoms with van der Waals surface area (Å²) < 4.78 is 12.1. The van der Waals surface area contributed by atoms with Crippen LogP contribution in [0, 0.1) is 0 Å². The van der Waals surface area contributed by atoms with Crippen LogP contribution in [-0.4, -0.2) is 24.9 Å². The molecule has 7 heteroatoms. The lowest BCUT2D eigenvalue weighted by Gasteiger charge is -2.18. The number of amides is 1. The van der Waals surface area contributed by atoms with Crippen LogP contribution in [0.25, 0.3) is 0 Å². The Morgan fingerprint density at radius 2 is 2.09 bits per heavy atom. The minimum Gasteiger partial charge on any atom is -0.486 e. The third-order valence-electron chi connectivity index (χ3n) is 2.97. The Kier molecular flexibility index (Phi) is 5.28. The molecule has 1 aromatic heterocycles. The zero-order chi connectivity index (χ0) is 15.4. The number of halogens is 1. The van der Waals surface area contributed by atoms with E-state index >= 15 is 0 Å². The van der Waals surface area contributed by atoms with Gasteiger partial charge in [-0.15, -0.1) is 23.1 Å². The molecule has 1 aromatic carbocycles. The maximum absolute atomic E-state index is 11.9. The van der Waals surface area contributed by atoms with E-state index in [9.17, 15) is 4.79 Å². The molecule has 0 atom stereocenters. The van der Waals surface area contributed by atoms with Gasteiger partial charge in [0.1, 0.15) is 13.2 Å². The highest BCUT2D eigenvalue weighted by Gasteiger charge is 2.12. The van der Waals surface area contributed by atoms with Crippen LogP contribution >= 0.6 is 39.0 Å². The molecular formula is C15H14BrNO3S2. The van der Waals surface area contributed by atoms with Crippen LogP contribution in [0.3, 0.4) is 0 Å². The number of nitrogens with one attached hydrogen (secondary N) is 1. The normalized spacial score (nSPS) is 13.0. The predicted octanol–water partition coefficient (Wildman–Crippen LogP) is 3.69. The summed E-state index contributed by atoms with van der Waals surface area (Å²) in [6.45, 7) is 1.72. The SMILES string of the molecule is O=C(CSc1ccc2c(c1)OCCO2)NCc1cc(Br)cs1. The fourth-order valence-corrected chi connectivity index (χ4v) is 4.09. The van der Waals surface area contributed by atoms with Crippen molar-refractivity contribution in [3.63, 3.8) is 0 Å². The number of thiophene rings is 1. The molecule has 1 amide bonds. The summed E-state index contributed by atoms with van der Waals surface area (Å²) in [5.41, 5.74) is 0. The molecule has 4 nitrogen and oxygen atoms in total. The molecule has 0 radical (unpaired) electrons. The minimum absolute atomic E-state index is 0.0180. The third-order valence-corrected chi connectivity index (χ3v) is 5.66. The maximum atomic E-state index is 11.9. The number of fused-ring (bicyclic) bond motifs is 1. The van der Waals surface area contributed by atoms with Crippen molar-refractivity contribution in [2.75, 3.05) is 19.0 Å². The van der Waals surface area contributed by atoms with Crippen LogP contribution < -0.4 is 14.8 Å². The van der Waals surface area contributed by atoms with Gasteiger partial charge in [0, 0.05) is 19.6 Å². The maximum Gasteiger partial charge on any atom is 0.230 e. The molecule has 1 aliphatic rings. The highest BCUT2D eigenvalue weighted by molar-refractivity contribution is 9.10. The topological polar surface area (TPSA) is 47.6 Å². The van der Waals surface area contributed by atoms with Crippen LogP contribution in [0.4, 0.5) is 0 Å². The summed E-state index contributed by atoms with van der Waals surface area (Å²) in [6.07, 6.45) is 0. The van der Waals surface area contributed by atoms with Crippen molar-refractivity contribution in [1.29, 1.82) is 0 Å². The van der Waals surface area contributed by atoms with E-state index in [-0.39, 0.29) is 5.91 Å². The second kappa shape index (κ2) is 7.39. The molecule has 2 aromatic rings. The van der Waals surface area contributed by atoms with E-state index in [0.717, 1.165) is 25.7 Å². The standard InChI is InChI=1S/C15H14BrNO3S2/c16-10-5-12(21-8-10)7-17-15(18)9-22-11-1-2-13-14(6-11)20-4-3-19-13/h1-2,5-6,8H,3-4,7,9H2,(H,17,18). The number of benzene rings is 1. The predicted molar refractivity (Wildman–Crippen MR) is 92.0 cm³/mol. The average molecular weight is 400 g/mol. The Bertz CT molecular complexity index is 675. The molecule has 0 fully saturated rings. The van der Waals surface area contributed by atoms with Gasteiger partial charge in [-0.3, -0.25) is 4.79 Å². The molecule has 1 aliphatic heterocycles. The Morgan fingerprint density at radius 1 is 1.27 bits per heavy atom. The van der Waals surface area contributed by atoms with E-state index in [1.807, 2.05) is 29.6 Å². The Hall–Kier alpha value is -1.18. The second-order valence-electron chi connectivity index (χ2n) is 4.60. The second-order valence-corrected chi connectivity index (χ2v) is 7.56. The van der Waals surface area contributed by atoms with E-state index in [4.69, 9.17) is 9.47 Å². The van der Waals surface area contributed by atoms with Crippen LogP contribution in [-0.2, 0) is 11.3 Å². The lowest BCUT2D eigenvalue weighted by atomic mass is 10.3. The monoisotopic (exact) mass is 399 g/mol. The lowest BCUT2D eigenvalue weighted by molar-refractivity contribution is -0.118. The van der Waals surface area contributed by atoms with Gasteiger partial charge in [0.15, 0.2) is 11.5 Å². The number of ether oxygens (including phenoxy) is 2. The van der Waals surface area contributed by atoms with Gasteiger partial charge >= 0.3 is 0 Å². The summed E-state index contributed by atoms with van der Waals surface area (Å²) in [5, 5.41) is 4.92. The fourth-order valence-electron chi connectivity index (χ4n) is 1.95. The van der Waals surface area contributed by atoms with E-state index < -0.39 is 0 Å². The van der Waals surface area contributed by atoms with Gasteiger partial charge in [-0.05, 0) is 40.2 Å². The van der Waals surface area contributed by atoms with Crippen molar-refractivity contribution in [2.45, 2.75) is 11.4 Å². The molecule has 0 saturated heterocycles. The zero-order valence-corrected chi connectivity index (χ0v) is 14.9. The van der Waals surface area contributed by atoms with Crippen molar-refractivity contribution in [1.82, 2.24) is 5.32 Å². The first-order chi connectivity index (χ1) is 10.7. The molecule has 116 valence electrons. The first kappa shape index (κ1) is 15.7. The molecule has 0 bridgehead atoms. The molecule has 0 unspecified atom stereocenters. The van der Waals surface area contributed by atoms with Crippen LogP contribution in [0.15, 0.2) is 39.0 Å². The molecule has 0 spiro atoms. The fraction of sp³-hybridized carbons (Fsp3) is 0.267. The minimum atomic E-state index is 0.0180. The summed E-state index contributed by atoms with van der Waals surface area (Å²) >= 11 is 6.51. The van der Waals surface area contributed by atoms with E-state index in [1.54, 1.807) is 11.3 Å². The van der Waals surface area contributed by atoms with Gasteiger partial charge in [-0.25, -0.2) is 0 Å². The Labute approximate surface area is 145 Å². The van der Waals surface area contributed by atoms with Crippen molar-refractivity contribution in [3.05, 3.63) is 39.0 Å². The number of carbonyl (C=O) groups is 1.